The third-order valence-corrected chi connectivity index (χ3v) is 2.61. The maximum Gasteiger partial charge on any atom is 0.221 e. The number of hydrogen-bond acceptors (Lipinski definition) is 3. The molecule has 17 heavy (non-hydrogen) atoms. The van der Waals surface area contributed by atoms with Crippen LogP contribution in [0.15, 0.2) is 18.2 Å². The summed E-state index contributed by atoms with van der Waals surface area (Å²) in [7, 11) is 1.61. The van der Waals surface area contributed by atoms with Crippen LogP contribution in [-0.4, -0.2) is 19.6 Å². The number of ether oxygens (including phenoxy) is 1. The molecule has 3 N–H and O–H groups in total. The first-order chi connectivity index (χ1) is 8.08. The first-order valence-electron chi connectivity index (χ1n) is 5.78. The highest BCUT2D eigenvalue weighted by Crippen LogP contribution is 2.23. The van der Waals surface area contributed by atoms with Gasteiger partial charge in [0.05, 0.1) is 6.61 Å². The lowest BCUT2D eigenvalue weighted by molar-refractivity contribution is -0.120. The molecule has 0 saturated carbocycles. The minimum atomic E-state index is -0.274. The van der Waals surface area contributed by atoms with Gasteiger partial charge in [-0.05, 0) is 31.0 Å². The molecule has 4 heteroatoms. The summed E-state index contributed by atoms with van der Waals surface area (Å²) >= 11 is 0. The van der Waals surface area contributed by atoms with Crippen molar-refractivity contribution < 1.29 is 9.53 Å². The number of amides is 1. The number of nitrogens with one attached hydrogen (secondary N) is 1. The van der Waals surface area contributed by atoms with E-state index >= 15 is 0 Å². The summed E-state index contributed by atoms with van der Waals surface area (Å²) in [5.41, 5.74) is 7.95. The Bertz CT molecular complexity index is 391. The topological polar surface area (TPSA) is 64.3 Å². The predicted octanol–water partition coefficient (Wildman–Crippen LogP) is 1.53. The van der Waals surface area contributed by atoms with Crippen molar-refractivity contribution in [2.45, 2.75) is 26.3 Å². The summed E-state index contributed by atoms with van der Waals surface area (Å²) in [6.45, 7) is 4.57. The molecule has 0 bridgehead atoms. The van der Waals surface area contributed by atoms with Crippen LogP contribution in [0.25, 0.3) is 0 Å². The number of carbonyl (C=O) groups is 1. The smallest absolute Gasteiger partial charge is 0.221 e. The zero-order valence-corrected chi connectivity index (χ0v) is 10.6. The van der Waals surface area contributed by atoms with Crippen molar-refractivity contribution in [1.82, 2.24) is 5.32 Å². The Kier molecular flexibility index (Phi) is 4.97. The Morgan fingerprint density at radius 1 is 1.53 bits per heavy atom. The van der Waals surface area contributed by atoms with Crippen LogP contribution in [0.3, 0.4) is 0 Å². The van der Waals surface area contributed by atoms with Crippen molar-refractivity contribution >= 4 is 5.91 Å². The van der Waals surface area contributed by atoms with Crippen LogP contribution in [0.5, 0.6) is 5.75 Å². The molecule has 94 valence electrons. The lowest BCUT2D eigenvalue weighted by Gasteiger charge is -2.14. The van der Waals surface area contributed by atoms with Crippen molar-refractivity contribution in [2.75, 3.05) is 13.7 Å². The number of carbonyl (C=O) groups excluding carboxylic acids is 1. The van der Waals surface area contributed by atoms with Crippen LogP contribution in [0.2, 0.25) is 0 Å². The van der Waals surface area contributed by atoms with E-state index in [2.05, 4.69) is 5.32 Å². The summed E-state index contributed by atoms with van der Waals surface area (Å²) in [5, 5.41) is 2.57. The monoisotopic (exact) mass is 236 g/mol. The zero-order chi connectivity index (χ0) is 12.8. The molecule has 0 fully saturated rings. The first-order valence-corrected chi connectivity index (χ1v) is 5.78. The van der Waals surface area contributed by atoms with E-state index in [1.54, 1.807) is 7.05 Å². The predicted molar refractivity (Wildman–Crippen MR) is 68.0 cm³/mol. The van der Waals surface area contributed by atoms with Crippen LogP contribution >= 0.6 is 0 Å². The molecule has 1 amide bonds. The molecule has 0 saturated heterocycles. The van der Waals surface area contributed by atoms with Crippen molar-refractivity contribution in [3.8, 4) is 5.75 Å². The van der Waals surface area contributed by atoms with Gasteiger partial charge < -0.3 is 15.8 Å². The standard InChI is InChI=1S/C13H20N2O2/c1-4-17-12-6-5-10(7-9(12)2)11(14)8-13(16)15-3/h5-7,11H,4,8,14H2,1-3H3,(H,15,16). The fourth-order valence-electron chi connectivity index (χ4n) is 1.64. The molecule has 1 aromatic carbocycles. The number of hydrogen-bond donors (Lipinski definition) is 2. The van der Waals surface area contributed by atoms with E-state index in [9.17, 15) is 4.79 Å². The highest BCUT2D eigenvalue weighted by atomic mass is 16.5. The van der Waals surface area contributed by atoms with Gasteiger partial charge in [-0.3, -0.25) is 4.79 Å². The second kappa shape index (κ2) is 6.25. The van der Waals surface area contributed by atoms with E-state index in [1.165, 1.54) is 0 Å². The summed E-state index contributed by atoms with van der Waals surface area (Å²) in [5.74, 6) is 0.812. The van der Waals surface area contributed by atoms with Crippen molar-refractivity contribution in [3.63, 3.8) is 0 Å². The van der Waals surface area contributed by atoms with Crippen molar-refractivity contribution in [2.24, 2.45) is 5.73 Å². The van der Waals surface area contributed by atoms with Crippen molar-refractivity contribution in [1.29, 1.82) is 0 Å². The molecule has 0 aromatic heterocycles. The molecule has 0 heterocycles. The zero-order valence-electron chi connectivity index (χ0n) is 10.6. The summed E-state index contributed by atoms with van der Waals surface area (Å²) < 4.78 is 5.45. The van der Waals surface area contributed by atoms with Gasteiger partial charge in [0.15, 0.2) is 0 Å². The quantitative estimate of drug-likeness (QED) is 0.815. The Hall–Kier alpha value is -1.55. The van der Waals surface area contributed by atoms with Gasteiger partial charge in [-0.25, -0.2) is 0 Å². The van der Waals surface area contributed by atoms with Crippen molar-refractivity contribution in [3.05, 3.63) is 29.3 Å². The molecule has 0 spiro atoms. The molecule has 1 unspecified atom stereocenters. The Balaban J connectivity index is 2.78. The third kappa shape index (κ3) is 3.75. The number of aryl methyl sites for hydroxylation is 1. The molecule has 0 aliphatic rings. The van der Waals surface area contributed by atoms with Gasteiger partial charge in [-0.2, -0.15) is 0 Å². The molecule has 1 rings (SSSR count). The maximum atomic E-state index is 11.2. The molecule has 0 aliphatic heterocycles. The third-order valence-electron chi connectivity index (χ3n) is 2.61. The normalized spacial score (nSPS) is 12.0. The Morgan fingerprint density at radius 3 is 2.76 bits per heavy atom. The van der Waals surface area contributed by atoms with Crippen LogP contribution in [-0.2, 0) is 4.79 Å². The van der Waals surface area contributed by atoms with E-state index in [0.29, 0.717) is 13.0 Å². The van der Waals surface area contributed by atoms with Crippen LogP contribution < -0.4 is 15.8 Å². The van der Waals surface area contributed by atoms with Gasteiger partial charge in [-0.1, -0.05) is 12.1 Å². The van der Waals surface area contributed by atoms with E-state index < -0.39 is 0 Å². The number of benzene rings is 1. The fourth-order valence-corrected chi connectivity index (χ4v) is 1.64. The van der Waals surface area contributed by atoms with Gasteiger partial charge in [0, 0.05) is 19.5 Å². The minimum Gasteiger partial charge on any atom is -0.494 e. The van der Waals surface area contributed by atoms with Crippen LogP contribution in [0, 0.1) is 6.92 Å². The minimum absolute atomic E-state index is 0.0518. The molecule has 0 radical (unpaired) electrons. The van der Waals surface area contributed by atoms with Gasteiger partial charge in [0.1, 0.15) is 5.75 Å². The number of nitrogens with two attached hydrogens (primary N) is 1. The first kappa shape index (κ1) is 13.5. The second-order valence-corrected chi connectivity index (χ2v) is 3.94. The Labute approximate surface area is 102 Å². The largest absolute Gasteiger partial charge is 0.494 e. The van der Waals surface area contributed by atoms with Gasteiger partial charge in [0.2, 0.25) is 5.91 Å². The Morgan fingerprint density at radius 2 is 2.24 bits per heavy atom. The van der Waals surface area contributed by atoms with Crippen LogP contribution in [0.4, 0.5) is 0 Å². The van der Waals surface area contributed by atoms with Gasteiger partial charge >= 0.3 is 0 Å². The van der Waals surface area contributed by atoms with Gasteiger partial charge in [0.25, 0.3) is 0 Å². The lowest BCUT2D eigenvalue weighted by atomic mass is 10.0. The highest BCUT2D eigenvalue weighted by molar-refractivity contribution is 5.76. The van der Waals surface area contributed by atoms with Crippen LogP contribution in [0.1, 0.15) is 30.5 Å². The fraction of sp³-hybridized carbons (Fsp3) is 0.462. The molecular weight excluding hydrogens is 216 g/mol. The molecule has 1 aromatic rings. The summed E-state index contributed by atoms with van der Waals surface area (Å²) in [6.07, 6.45) is 0.296. The highest BCUT2D eigenvalue weighted by Gasteiger charge is 2.11. The van der Waals surface area contributed by atoms with E-state index in [4.69, 9.17) is 10.5 Å². The summed E-state index contributed by atoms with van der Waals surface area (Å²) in [4.78, 5) is 11.2. The van der Waals surface area contributed by atoms with Gasteiger partial charge in [-0.15, -0.1) is 0 Å². The summed E-state index contributed by atoms with van der Waals surface area (Å²) in [6, 6.07) is 5.51. The molecule has 4 nitrogen and oxygen atoms in total. The molecule has 1 atom stereocenters. The average molecular weight is 236 g/mol. The number of rotatable bonds is 5. The van der Waals surface area contributed by atoms with E-state index in [-0.39, 0.29) is 11.9 Å². The molecular formula is C13H20N2O2. The molecule has 0 aliphatic carbocycles. The maximum absolute atomic E-state index is 11.2. The average Bonchev–Trinajstić information content (AvgIpc) is 2.31. The van der Waals surface area contributed by atoms with E-state index in [0.717, 1.165) is 16.9 Å². The second-order valence-electron chi connectivity index (χ2n) is 3.94. The lowest BCUT2D eigenvalue weighted by Crippen LogP contribution is -2.24. The SMILES string of the molecule is CCOc1ccc(C(N)CC(=O)NC)cc1C. The van der Waals surface area contributed by atoms with E-state index in [1.807, 2.05) is 32.0 Å².